The highest BCUT2D eigenvalue weighted by Gasteiger charge is 2.28. The van der Waals surface area contributed by atoms with Crippen molar-refractivity contribution in [2.75, 3.05) is 0 Å². The minimum atomic E-state index is -1.44. The summed E-state index contributed by atoms with van der Waals surface area (Å²) in [5.74, 6) is 0. The molecule has 0 spiro atoms. The van der Waals surface area contributed by atoms with Gasteiger partial charge in [-0.3, -0.25) is 0 Å². The van der Waals surface area contributed by atoms with Crippen molar-refractivity contribution in [3.63, 3.8) is 0 Å². The summed E-state index contributed by atoms with van der Waals surface area (Å²) in [5.41, 5.74) is -0.0408. The summed E-state index contributed by atoms with van der Waals surface area (Å²) in [6, 6.07) is 0. The molecule has 1 unspecified atom stereocenters. The zero-order valence-electron chi connectivity index (χ0n) is 10.8. The Bertz CT molecular complexity index is 198. The van der Waals surface area contributed by atoms with Crippen LogP contribution < -0.4 is 0 Å². The van der Waals surface area contributed by atoms with Crippen molar-refractivity contribution in [2.24, 2.45) is 0 Å². The lowest BCUT2D eigenvalue weighted by molar-refractivity contribution is 0.119. The van der Waals surface area contributed by atoms with E-state index in [4.69, 9.17) is 4.43 Å². The van der Waals surface area contributed by atoms with Crippen molar-refractivity contribution in [3.05, 3.63) is 10.2 Å². The molecule has 3 heteroatoms. The van der Waals surface area contributed by atoms with Gasteiger partial charge in [-0.15, -0.1) is 0 Å². The fourth-order valence-electron chi connectivity index (χ4n) is 1.73. The Kier molecular flexibility index (Phi) is 7.37. The summed E-state index contributed by atoms with van der Waals surface area (Å²) in [5, 5.41) is 0. The second-order valence-electron chi connectivity index (χ2n) is 5.28. The fraction of sp³-hybridized carbons (Fsp3) is 0.833. The van der Waals surface area contributed by atoms with Gasteiger partial charge in [-0.1, -0.05) is 48.8 Å². The molecule has 1 nitrogen and oxygen atoms in total. The highest BCUT2D eigenvalue weighted by Crippen LogP contribution is 2.26. The normalized spacial score (nSPS) is 16.9. The van der Waals surface area contributed by atoms with Crippen molar-refractivity contribution in [1.82, 2.24) is 0 Å². The maximum Gasteiger partial charge on any atom is 0.184 e. The van der Waals surface area contributed by atoms with Crippen LogP contribution >= 0.6 is 22.6 Å². The van der Waals surface area contributed by atoms with Gasteiger partial charge in [-0.05, 0) is 43.1 Å². The molecule has 0 N–H and O–H groups in total. The summed E-state index contributed by atoms with van der Waals surface area (Å²) in [4.78, 5) is 0. The lowest BCUT2D eigenvalue weighted by atomic mass is 9.99. The largest absolute Gasteiger partial charge is 0.409 e. The molecular weight excluding hydrogens is 315 g/mol. The van der Waals surface area contributed by atoms with Crippen LogP contribution in [0.3, 0.4) is 0 Å². The monoisotopic (exact) mass is 340 g/mol. The average molecular weight is 340 g/mol. The summed E-state index contributed by atoms with van der Waals surface area (Å²) < 4.78 is 8.35. The van der Waals surface area contributed by atoms with Gasteiger partial charge >= 0.3 is 0 Å². The van der Waals surface area contributed by atoms with Crippen LogP contribution in [0.4, 0.5) is 0 Å². The number of unbranched alkanes of at least 4 members (excludes halogenated alkanes) is 2. The predicted molar refractivity (Wildman–Crippen MR) is 80.1 cm³/mol. The minimum absolute atomic E-state index is 0.0408. The first-order valence-corrected chi connectivity index (χ1v) is 10.5. The molecule has 0 radical (unpaired) electrons. The SMILES string of the molecule is CCCCCC(C)(/C=C/I)O[Si](C)(C)C. The Balaban J connectivity index is 4.32. The van der Waals surface area contributed by atoms with E-state index in [1.165, 1.54) is 19.3 Å². The van der Waals surface area contributed by atoms with E-state index in [0.29, 0.717) is 0 Å². The van der Waals surface area contributed by atoms with Gasteiger partial charge in [-0.25, -0.2) is 0 Å². The molecule has 0 aromatic heterocycles. The Morgan fingerprint density at radius 3 is 2.27 bits per heavy atom. The lowest BCUT2D eigenvalue weighted by Crippen LogP contribution is -2.39. The first-order chi connectivity index (χ1) is 6.83. The Morgan fingerprint density at radius 2 is 1.87 bits per heavy atom. The van der Waals surface area contributed by atoms with Crippen LogP contribution in [0.15, 0.2) is 10.2 Å². The summed E-state index contributed by atoms with van der Waals surface area (Å²) in [7, 11) is -1.44. The molecule has 0 amide bonds. The Morgan fingerprint density at radius 1 is 1.27 bits per heavy atom. The lowest BCUT2D eigenvalue weighted by Gasteiger charge is -2.34. The first kappa shape index (κ1) is 15.6. The molecule has 0 saturated carbocycles. The predicted octanol–water partition coefficient (Wildman–Crippen LogP) is 5.13. The summed E-state index contributed by atoms with van der Waals surface area (Å²) >= 11 is 2.28. The molecular formula is C12H25IOSi. The molecule has 0 saturated heterocycles. The topological polar surface area (TPSA) is 9.23 Å². The number of hydrogen-bond donors (Lipinski definition) is 0. The Hall–Kier alpha value is 0.647. The number of rotatable bonds is 7. The van der Waals surface area contributed by atoms with Crippen LogP contribution in [0.1, 0.15) is 39.5 Å². The van der Waals surface area contributed by atoms with Gasteiger partial charge in [0.2, 0.25) is 0 Å². The quantitative estimate of drug-likeness (QED) is 0.355. The third-order valence-electron chi connectivity index (χ3n) is 2.23. The molecule has 0 heterocycles. The highest BCUT2D eigenvalue weighted by atomic mass is 127. The third kappa shape index (κ3) is 8.45. The van der Waals surface area contributed by atoms with Gasteiger partial charge in [0.1, 0.15) is 0 Å². The molecule has 0 aliphatic heterocycles. The maximum atomic E-state index is 6.26. The molecule has 0 aliphatic rings. The van der Waals surface area contributed by atoms with Crippen molar-refractivity contribution in [1.29, 1.82) is 0 Å². The van der Waals surface area contributed by atoms with E-state index >= 15 is 0 Å². The average Bonchev–Trinajstić information content (AvgIpc) is 2.01. The zero-order valence-corrected chi connectivity index (χ0v) is 13.9. The van der Waals surface area contributed by atoms with Gasteiger partial charge in [0.05, 0.1) is 5.60 Å². The molecule has 15 heavy (non-hydrogen) atoms. The molecule has 0 aliphatic carbocycles. The third-order valence-corrected chi connectivity index (χ3v) is 3.67. The smallest absolute Gasteiger partial charge is 0.184 e. The van der Waals surface area contributed by atoms with Gasteiger partial charge in [0, 0.05) is 0 Å². The van der Waals surface area contributed by atoms with Crippen LogP contribution in [-0.4, -0.2) is 13.9 Å². The molecule has 0 rings (SSSR count). The van der Waals surface area contributed by atoms with E-state index in [1.54, 1.807) is 0 Å². The van der Waals surface area contributed by atoms with Gasteiger partial charge in [-0.2, -0.15) is 0 Å². The maximum absolute atomic E-state index is 6.26. The fourth-order valence-corrected chi connectivity index (χ4v) is 4.06. The van der Waals surface area contributed by atoms with Gasteiger partial charge < -0.3 is 4.43 Å². The van der Waals surface area contributed by atoms with Crippen molar-refractivity contribution >= 4 is 30.9 Å². The van der Waals surface area contributed by atoms with Crippen LogP contribution in [0.25, 0.3) is 0 Å². The van der Waals surface area contributed by atoms with Gasteiger partial charge in [0.15, 0.2) is 8.32 Å². The molecule has 90 valence electrons. The second kappa shape index (κ2) is 7.07. The van der Waals surface area contributed by atoms with Crippen molar-refractivity contribution in [2.45, 2.75) is 64.8 Å². The van der Waals surface area contributed by atoms with E-state index < -0.39 is 8.32 Å². The van der Waals surface area contributed by atoms with E-state index in [-0.39, 0.29) is 5.60 Å². The summed E-state index contributed by atoms with van der Waals surface area (Å²) in [6.07, 6.45) is 7.20. The first-order valence-electron chi connectivity index (χ1n) is 5.81. The van der Waals surface area contributed by atoms with E-state index in [2.05, 4.69) is 66.2 Å². The zero-order chi connectivity index (χ0) is 11.9. The second-order valence-corrected chi connectivity index (χ2v) is 10.4. The van der Waals surface area contributed by atoms with E-state index in [0.717, 1.165) is 6.42 Å². The van der Waals surface area contributed by atoms with Crippen molar-refractivity contribution in [3.8, 4) is 0 Å². The minimum Gasteiger partial charge on any atom is -0.409 e. The van der Waals surface area contributed by atoms with Crippen molar-refractivity contribution < 1.29 is 4.43 Å². The van der Waals surface area contributed by atoms with Crippen LogP contribution in [0.2, 0.25) is 19.6 Å². The highest BCUT2D eigenvalue weighted by molar-refractivity contribution is 14.1. The molecule has 0 bridgehead atoms. The van der Waals surface area contributed by atoms with Crippen LogP contribution in [0, 0.1) is 0 Å². The van der Waals surface area contributed by atoms with E-state index in [1.807, 2.05) is 0 Å². The Labute approximate surface area is 110 Å². The molecule has 0 aromatic carbocycles. The van der Waals surface area contributed by atoms with Crippen LogP contribution in [0.5, 0.6) is 0 Å². The van der Waals surface area contributed by atoms with Gasteiger partial charge in [0.25, 0.3) is 0 Å². The van der Waals surface area contributed by atoms with Crippen LogP contribution in [-0.2, 0) is 4.43 Å². The summed E-state index contributed by atoms with van der Waals surface area (Å²) in [6.45, 7) is 11.2. The van der Waals surface area contributed by atoms with E-state index in [9.17, 15) is 0 Å². The number of hydrogen-bond acceptors (Lipinski definition) is 1. The molecule has 0 fully saturated rings. The standard InChI is InChI=1S/C12H25IOSi/c1-6-7-8-9-12(2,10-11-13)14-15(3,4)5/h10-11H,6-9H2,1-5H3/b11-10+. The number of halogens is 1. The molecule has 1 atom stereocenters. The molecule has 0 aromatic rings.